The number of amidine groups is 1. The summed E-state index contributed by atoms with van der Waals surface area (Å²) in [6.07, 6.45) is 1.69. The smallest absolute Gasteiger partial charge is 0.264 e. The number of amides is 1. The highest BCUT2D eigenvalue weighted by Crippen LogP contribution is 2.38. The number of aromatic hydroxyl groups is 1. The maximum absolute atomic E-state index is 12.3. The zero-order valence-corrected chi connectivity index (χ0v) is 17.8. The number of ether oxygens (including phenoxy) is 1. The van der Waals surface area contributed by atoms with Crippen LogP contribution in [0.3, 0.4) is 0 Å². The molecule has 2 N–H and O–H groups in total. The number of benzene rings is 2. The first-order valence-electron chi connectivity index (χ1n) is 7.78. The van der Waals surface area contributed by atoms with Gasteiger partial charge in [-0.1, -0.05) is 29.3 Å². The summed E-state index contributed by atoms with van der Waals surface area (Å²) < 4.78 is 5.88. The number of rotatable bonds is 4. The molecule has 0 radical (unpaired) electrons. The molecule has 5 nitrogen and oxygen atoms in total. The molecule has 0 bridgehead atoms. The minimum absolute atomic E-state index is 0.0142. The first-order chi connectivity index (χ1) is 12.9. The summed E-state index contributed by atoms with van der Waals surface area (Å²) in [5.41, 5.74) is 1.17. The third-order valence-corrected chi connectivity index (χ3v) is 5.78. The molecular weight excluding hydrogens is 475 g/mol. The van der Waals surface area contributed by atoms with E-state index in [4.69, 9.17) is 27.9 Å². The molecule has 140 valence electrons. The number of hydrogen-bond donors (Lipinski definition) is 2. The van der Waals surface area contributed by atoms with E-state index >= 15 is 0 Å². The van der Waals surface area contributed by atoms with Crippen LogP contribution in [0.2, 0.25) is 10.0 Å². The topological polar surface area (TPSA) is 70.9 Å². The van der Waals surface area contributed by atoms with Crippen LogP contribution < -0.4 is 10.1 Å². The second kappa shape index (κ2) is 8.56. The lowest BCUT2D eigenvalue weighted by atomic mass is 10.2. The first kappa shape index (κ1) is 20.1. The van der Waals surface area contributed by atoms with E-state index in [-0.39, 0.29) is 11.7 Å². The monoisotopic (exact) mass is 486 g/mol. The van der Waals surface area contributed by atoms with E-state index in [1.54, 1.807) is 36.4 Å². The number of nitrogens with one attached hydrogen (secondary N) is 1. The molecule has 1 saturated heterocycles. The number of hydrogen-bond acceptors (Lipinski definition) is 5. The fourth-order valence-corrected chi connectivity index (χ4v) is 3.89. The number of carbonyl (C=O) groups excluding carboxylic acids is 1. The third kappa shape index (κ3) is 4.60. The molecule has 1 heterocycles. The van der Waals surface area contributed by atoms with Crippen LogP contribution >= 0.6 is 50.9 Å². The van der Waals surface area contributed by atoms with Crippen LogP contribution in [0, 0.1) is 0 Å². The molecule has 27 heavy (non-hydrogen) atoms. The molecule has 1 aliphatic rings. The standard InChI is InChI=1S/C18H13BrCl2N2O3S/c1-2-26-13-7-9(6-10(19)16(13)24)8-14-17(25)23-18(27-14)22-12-5-3-4-11(20)15(12)21/h3-8,24H,2H2,1H3,(H,22,23,25)/b14-8-. The van der Waals surface area contributed by atoms with Crippen LogP contribution in [-0.4, -0.2) is 22.8 Å². The second-order valence-electron chi connectivity index (χ2n) is 5.34. The Bertz CT molecular complexity index is 979. The number of thioether (sulfide) groups is 1. The number of phenols is 1. The van der Waals surface area contributed by atoms with Crippen LogP contribution in [0.1, 0.15) is 12.5 Å². The third-order valence-electron chi connectivity index (χ3n) is 3.45. The van der Waals surface area contributed by atoms with Crippen molar-refractivity contribution in [3.8, 4) is 11.5 Å². The Labute approximate surface area is 178 Å². The summed E-state index contributed by atoms with van der Waals surface area (Å²) in [5, 5.41) is 13.8. The zero-order chi connectivity index (χ0) is 19.6. The largest absolute Gasteiger partial charge is 0.503 e. The lowest BCUT2D eigenvalue weighted by Gasteiger charge is -2.08. The molecule has 0 unspecified atom stereocenters. The van der Waals surface area contributed by atoms with Crippen molar-refractivity contribution in [2.24, 2.45) is 4.99 Å². The number of aliphatic imine (C=N–C) groups is 1. The van der Waals surface area contributed by atoms with Crippen LogP contribution in [0.15, 0.2) is 44.7 Å². The predicted molar refractivity (Wildman–Crippen MR) is 114 cm³/mol. The average Bonchev–Trinajstić information content (AvgIpc) is 2.96. The van der Waals surface area contributed by atoms with Gasteiger partial charge in [0.2, 0.25) is 0 Å². The molecule has 0 aliphatic carbocycles. The van der Waals surface area contributed by atoms with Gasteiger partial charge in [0.15, 0.2) is 16.7 Å². The van der Waals surface area contributed by atoms with Gasteiger partial charge in [0.05, 0.1) is 31.7 Å². The van der Waals surface area contributed by atoms with Crippen molar-refractivity contribution in [2.45, 2.75) is 6.92 Å². The average molecular weight is 488 g/mol. The Balaban J connectivity index is 1.90. The van der Waals surface area contributed by atoms with Crippen LogP contribution in [0.4, 0.5) is 5.69 Å². The maximum Gasteiger partial charge on any atom is 0.264 e. The first-order valence-corrected chi connectivity index (χ1v) is 10.1. The van der Waals surface area contributed by atoms with Crippen molar-refractivity contribution in [2.75, 3.05) is 6.61 Å². The Morgan fingerprint density at radius 2 is 2.15 bits per heavy atom. The molecule has 3 rings (SSSR count). The molecule has 2 aromatic carbocycles. The quantitative estimate of drug-likeness (QED) is 0.538. The van der Waals surface area contributed by atoms with Crippen molar-refractivity contribution in [1.29, 1.82) is 0 Å². The minimum atomic E-state index is -0.279. The van der Waals surface area contributed by atoms with Gasteiger partial charge < -0.3 is 15.2 Å². The highest BCUT2D eigenvalue weighted by molar-refractivity contribution is 9.10. The predicted octanol–water partition coefficient (Wildman–Crippen LogP) is 5.75. The van der Waals surface area contributed by atoms with E-state index in [0.29, 0.717) is 48.2 Å². The summed E-state index contributed by atoms with van der Waals surface area (Å²) in [7, 11) is 0. The van der Waals surface area contributed by atoms with E-state index < -0.39 is 0 Å². The lowest BCUT2D eigenvalue weighted by Crippen LogP contribution is -2.19. The summed E-state index contributed by atoms with van der Waals surface area (Å²) in [6, 6.07) is 8.46. The van der Waals surface area contributed by atoms with Crippen molar-refractivity contribution >= 4 is 73.7 Å². The van der Waals surface area contributed by atoms with Gasteiger partial charge in [0, 0.05) is 0 Å². The van der Waals surface area contributed by atoms with E-state index in [1.807, 2.05) is 6.92 Å². The molecule has 1 amide bonds. The number of carbonyl (C=O) groups is 1. The van der Waals surface area contributed by atoms with Gasteiger partial charge in [-0.3, -0.25) is 4.79 Å². The molecule has 0 spiro atoms. The van der Waals surface area contributed by atoms with Gasteiger partial charge in [0.25, 0.3) is 5.91 Å². The second-order valence-corrected chi connectivity index (χ2v) is 8.01. The van der Waals surface area contributed by atoms with Crippen molar-refractivity contribution in [1.82, 2.24) is 5.32 Å². The minimum Gasteiger partial charge on any atom is -0.503 e. The zero-order valence-electron chi connectivity index (χ0n) is 13.9. The van der Waals surface area contributed by atoms with Gasteiger partial charge in [-0.25, -0.2) is 4.99 Å². The van der Waals surface area contributed by atoms with Gasteiger partial charge >= 0.3 is 0 Å². The van der Waals surface area contributed by atoms with E-state index in [1.165, 1.54) is 11.8 Å². The molecule has 9 heteroatoms. The SMILES string of the molecule is CCOc1cc(/C=C2\SC(=Nc3cccc(Cl)c3Cl)NC2=O)cc(Br)c1O. The van der Waals surface area contributed by atoms with Crippen LogP contribution in [-0.2, 0) is 4.79 Å². The van der Waals surface area contributed by atoms with E-state index in [9.17, 15) is 9.90 Å². The van der Waals surface area contributed by atoms with Gasteiger partial charge in [0.1, 0.15) is 0 Å². The highest BCUT2D eigenvalue weighted by Gasteiger charge is 2.24. The lowest BCUT2D eigenvalue weighted by molar-refractivity contribution is -0.115. The van der Waals surface area contributed by atoms with Crippen LogP contribution in [0.25, 0.3) is 6.08 Å². The van der Waals surface area contributed by atoms with E-state index in [2.05, 4.69) is 26.2 Å². The Kier molecular flexibility index (Phi) is 6.37. The molecule has 1 aliphatic heterocycles. The Morgan fingerprint density at radius 3 is 2.89 bits per heavy atom. The fraction of sp³-hybridized carbons (Fsp3) is 0.111. The maximum atomic E-state index is 12.3. The number of halogens is 3. The normalized spacial score (nSPS) is 16.8. The summed E-state index contributed by atoms with van der Waals surface area (Å²) >= 11 is 16.6. The summed E-state index contributed by atoms with van der Waals surface area (Å²) in [5.74, 6) is 0.0705. The molecule has 0 aromatic heterocycles. The fourth-order valence-electron chi connectivity index (χ4n) is 2.26. The van der Waals surface area contributed by atoms with Crippen molar-refractivity contribution in [3.05, 3.63) is 55.3 Å². The molecule has 0 atom stereocenters. The summed E-state index contributed by atoms with van der Waals surface area (Å²) in [6.45, 7) is 2.23. The van der Waals surface area contributed by atoms with Gasteiger partial charge in [-0.05, 0) is 70.5 Å². The van der Waals surface area contributed by atoms with E-state index in [0.717, 1.165) is 0 Å². The summed E-state index contributed by atoms with van der Waals surface area (Å²) in [4.78, 5) is 17.1. The molecular formula is C18H13BrCl2N2O3S. The Hall–Kier alpha value is -1.67. The van der Waals surface area contributed by atoms with Gasteiger partial charge in [-0.15, -0.1) is 0 Å². The molecule has 0 saturated carbocycles. The number of phenolic OH excluding ortho intramolecular Hbond substituents is 1. The number of nitrogens with zero attached hydrogens (tertiary/aromatic N) is 1. The van der Waals surface area contributed by atoms with Gasteiger partial charge in [-0.2, -0.15) is 0 Å². The Morgan fingerprint density at radius 1 is 1.37 bits per heavy atom. The molecule has 1 fully saturated rings. The van der Waals surface area contributed by atoms with Crippen molar-refractivity contribution in [3.63, 3.8) is 0 Å². The molecule has 2 aromatic rings. The van der Waals surface area contributed by atoms with Crippen molar-refractivity contribution < 1.29 is 14.6 Å². The van der Waals surface area contributed by atoms with Crippen LogP contribution in [0.5, 0.6) is 11.5 Å². The highest BCUT2D eigenvalue weighted by atomic mass is 79.9.